The van der Waals surface area contributed by atoms with Gasteiger partial charge in [0.15, 0.2) is 0 Å². The lowest BCUT2D eigenvalue weighted by molar-refractivity contribution is 0.728. The van der Waals surface area contributed by atoms with Crippen molar-refractivity contribution >= 4 is 11.6 Å². The molecular weight excluding hydrogens is 218 g/mol. The van der Waals surface area contributed by atoms with Crippen LogP contribution in [0.15, 0.2) is 18.2 Å². The summed E-state index contributed by atoms with van der Waals surface area (Å²) < 4.78 is 0. The minimum atomic E-state index is 0.559. The van der Waals surface area contributed by atoms with Crippen molar-refractivity contribution in [1.82, 2.24) is 5.32 Å². The molecule has 1 heterocycles. The molecule has 1 aliphatic rings. The van der Waals surface area contributed by atoms with Gasteiger partial charge in [-0.3, -0.25) is 0 Å². The summed E-state index contributed by atoms with van der Waals surface area (Å²) in [7, 11) is 0. The molecule has 0 radical (unpaired) electrons. The van der Waals surface area contributed by atoms with Crippen molar-refractivity contribution in [3.63, 3.8) is 0 Å². The first-order valence-electron chi connectivity index (χ1n) is 6.22. The van der Waals surface area contributed by atoms with E-state index in [9.17, 15) is 0 Å². The van der Waals surface area contributed by atoms with Crippen molar-refractivity contribution in [1.29, 1.82) is 0 Å². The molecule has 0 aromatic heterocycles. The van der Waals surface area contributed by atoms with Gasteiger partial charge in [0.1, 0.15) is 0 Å². The molecule has 16 heavy (non-hydrogen) atoms. The molecule has 1 aromatic rings. The number of halogens is 1. The number of hydrogen-bond acceptors (Lipinski definition) is 1. The molecule has 1 aliphatic heterocycles. The second kappa shape index (κ2) is 5.20. The minimum absolute atomic E-state index is 0.559. The Kier molecular flexibility index (Phi) is 3.88. The van der Waals surface area contributed by atoms with Gasteiger partial charge in [-0.1, -0.05) is 37.6 Å². The highest BCUT2D eigenvalue weighted by molar-refractivity contribution is 6.31. The predicted octanol–water partition coefficient (Wildman–Crippen LogP) is 3.93. The summed E-state index contributed by atoms with van der Waals surface area (Å²) in [6.45, 7) is 6.67. The van der Waals surface area contributed by atoms with Crippen molar-refractivity contribution in [3.8, 4) is 0 Å². The smallest absolute Gasteiger partial charge is 0.0443 e. The average molecular weight is 238 g/mol. The van der Waals surface area contributed by atoms with E-state index in [0.717, 1.165) is 24.5 Å². The molecule has 1 aromatic carbocycles. The van der Waals surface area contributed by atoms with E-state index in [-0.39, 0.29) is 0 Å². The van der Waals surface area contributed by atoms with Gasteiger partial charge >= 0.3 is 0 Å². The van der Waals surface area contributed by atoms with Gasteiger partial charge in [0.2, 0.25) is 0 Å². The van der Waals surface area contributed by atoms with Gasteiger partial charge in [-0.05, 0) is 48.4 Å². The van der Waals surface area contributed by atoms with E-state index in [4.69, 9.17) is 11.6 Å². The number of nitrogens with one attached hydrogen (secondary N) is 1. The van der Waals surface area contributed by atoms with E-state index in [1.54, 1.807) is 0 Å². The third-order valence-electron chi connectivity index (χ3n) is 3.70. The molecule has 0 amide bonds. The zero-order valence-electron chi connectivity index (χ0n) is 10.1. The molecular formula is C14H20ClN. The third-order valence-corrected chi connectivity index (χ3v) is 4.03. The highest BCUT2D eigenvalue weighted by Crippen LogP contribution is 2.31. The molecule has 88 valence electrons. The van der Waals surface area contributed by atoms with Crippen LogP contribution in [0.2, 0.25) is 5.02 Å². The summed E-state index contributed by atoms with van der Waals surface area (Å²) in [6, 6.07) is 6.63. The largest absolute Gasteiger partial charge is 0.316 e. The van der Waals surface area contributed by atoms with Crippen LogP contribution in [-0.2, 0) is 0 Å². The van der Waals surface area contributed by atoms with Crippen molar-refractivity contribution in [2.24, 2.45) is 0 Å². The van der Waals surface area contributed by atoms with Crippen LogP contribution in [0, 0.1) is 0 Å². The first-order valence-corrected chi connectivity index (χ1v) is 6.60. The quantitative estimate of drug-likeness (QED) is 0.840. The highest BCUT2D eigenvalue weighted by Gasteiger charge is 2.18. The average Bonchev–Trinajstić information content (AvgIpc) is 2.81. The SMILES string of the molecule is CCC(C)c1ccc(C2CCNC2)cc1Cl. The summed E-state index contributed by atoms with van der Waals surface area (Å²) >= 11 is 6.36. The zero-order chi connectivity index (χ0) is 11.5. The van der Waals surface area contributed by atoms with Gasteiger partial charge in [0, 0.05) is 11.6 Å². The second-order valence-corrected chi connectivity index (χ2v) is 5.19. The van der Waals surface area contributed by atoms with Gasteiger partial charge in [-0.2, -0.15) is 0 Å². The summed E-state index contributed by atoms with van der Waals surface area (Å²) in [5.74, 6) is 1.21. The Bertz CT molecular complexity index is 356. The van der Waals surface area contributed by atoms with E-state index < -0.39 is 0 Å². The second-order valence-electron chi connectivity index (χ2n) is 4.78. The molecule has 2 unspecified atom stereocenters. The highest BCUT2D eigenvalue weighted by atomic mass is 35.5. The molecule has 2 heteroatoms. The third kappa shape index (κ3) is 2.41. The Balaban J connectivity index is 2.21. The lowest BCUT2D eigenvalue weighted by atomic mass is 9.93. The van der Waals surface area contributed by atoms with Crippen molar-refractivity contribution in [3.05, 3.63) is 34.3 Å². The maximum Gasteiger partial charge on any atom is 0.0443 e. The Morgan fingerprint density at radius 1 is 1.50 bits per heavy atom. The summed E-state index contributed by atoms with van der Waals surface area (Å²) in [4.78, 5) is 0. The lowest BCUT2D eigenvalue weighted by Crippen LogP contribution is -2.08. The van der Waals surface area contributed by atoms with Crippen LogP contribution in [-0.4, -0.2) is 13.1 Å². The van der Waals surface area contributed by atoms with Gasteiger partial charge in [-0.25, -0.2) is 0 Å². The predicted molar refractivity (Wildman–Crippen MR) is 70.4 cm³/mol. The van der Waals surface area contributed by atoms with E-state index in [1.807, 2.05) is 0 Å². The Hall–Kier alpha value is -0.530. The maximum atomic E-state index is 6.36. The molecule has 0 saturated carbocycles. The standard InChI is InChI=1S/C14H20ClN/c1-3-10(2)13-5-4-11(8-14(13)15)12-6-7-16-9-12/h4-5,8,10,12,16H,3,6-7,9H2,1-2H3. The summed E-state index contributed by atoms with van der Waals surface area (Å²) in [6.07, 6.45) is 2.38. The fraction of sp³-hybridized carbons (Fsp3) is 0.571. The molecule has 0 aliphatic carbocycles. The van der Waals surface area contributed by atoms with E-state index >= 15 is 0 Å². The van der Waals surface area contributed by atoms with Gasteiger partial charge in [0.25, 0.3) is 0 Å². The summed E-state index contributed by atoms with van der Waals surface area (Å²) in [5, 5.41) is 4.34. The molecule has 1 N–H and O–H groups in total. The molecule has 0 bridgehead atoms. The normalized spacial score (nSPS) is 22.3. The lowest BCUT2D eigenvalue weighted by Gasteiger charge is -2.15. The number of rotatable bonds is 3. The first-order chi connectivity index (χ1) is 7.72. The fourth-order valence-corrected chi connectivity index (χ4v) is 2.73. The van der Waals surface area contributed by atoms with Gasteiger partial charge in [-0.15, -0.1) is 0 Å². The van der Waals surface area contributed by atoms with Crippen LogP contribution in [0.5, 0.6) is 0 Å². The van der Waals surface area contributed by atoms with Crippen molar-refractivity contribution in [2.75, 3.05) is 13.1 Å². The van der Waals surface area contributed by atoms with Crippen LogP contribution in [0.3, 0.4) is 0 Å². The topological polar surface area (TPSA) is 12.0 Å². The molecule has 2 atom stereocenters. The van der Waals surface area contributed by atoms with Crippen LogP contribution >= 0.6 is 11.6 Å². The van der Waals surface area contributed by atoms with Crippen LogP contribution < -0.4 is 5.32 Å². The molecule has 2 rings (SSSR count). The molecule has 1 nitrogen and oxygen atoms in total. The van der Waals surface area contributed by atoms with Gasteiger partial charge in [0.05, 0.1) is 0 Å². The first kappa shape index (κ1) is 11.9. The maximum absolute atomic E-state index is 6.36. The zero-order valence-corrected chi connectivity index (χ0v) is 10.8. The summed E-state index contributed by atoms with van der Waals surface area (Å²) in [5.41, 5.74) is 2.68. The van der Waals surface area contributed by atoms with E-state index in [2.05, 4.69) is 37.4 Å². The van der Waals surface area contributed by atoms with Crippen LogP contribution in [0.25, 0.3) is 0 Å². The number of benzene rings is 1. The van der Waals surface area contributed by atoms with Crippen LogP contribution in [0.4, 0.5) is 0 Å². The van der Waals surface area contributed by atoms with Crippen molar-refractivity contribution in [2.45, 2.75) is 38.5 Å². The van der Waals surface area contributed by atoms with Crippen molar-refractivity contribution < 1.29 is 0 Å². The molecule has 1 saturated heterocycles. The van der Waals surface area contributed by atoms with Gasteiger partial charge < -0.3 is 5.32 Å². The Morgan fingerprint density at radius 2 is 2.31 bits per heavy atom. The fourth-order valence-electron chi connectivity index (χ4n) is 2.36. The molecule has 0 spiro atoms. The van der Waals surface area contributed by atoms with Crippen LogP contribution in [0.1, 0.15) is 49.7 Å². The number of hydrogen-bond donors (Lipinski definition) is 1. The Labute approximate surface area is 103 Å². The molecule has 1 fully saturated rings. The van der Waals surface area contributed by atoms with E-state index in [1.165, 1.54) is 17.5 Å². The Morgan fingerprint density at radius 3 is 2.88 bits per heavy atom. The minimum Gasteiger partial charge on any atom is -0.316 e. The van der Waals surface area contributed by atoms with E-state index in [0.29, 0.717) is 11.8 Å². The monoisotopic (exact) mass is 237 g/mol.